The van der Waals surface area contributed by atoms with Gasteiger partial charge in [-0.1, -0.05) is 6.92 Å². The number of anilines is 2. The molecule has 0 aliphatic carbocycles. The number of carbonyl (C=O) groups excluding carboxylic acids is 1. The van der Waals surface area contributed by atoms with Crippen LogP contribution in [-0.4, -0.2) is 73.9 Å². The van der Waals surface area contributed by atoms with E-state index in [9.17, 15) is 13.2 Å². The minimum atomic E-state index is -3.63. The third kappa shape index (κ3) is 6.09. The zero-order chi connectivity index (χ0) is 22.4. The predicted octanol–water partition coefficient (Wildman–Crippen LogP) is 0.128. The second kappa shape index (κ2) is 9.98. The summed E-state index contributed by atoms with van der Waals surface area (Å²) in [5.74, 6) is 0.0407. The molecule has 1 amide bonds. The molecule has 3 N–H and O–H groups in total. The van der Waals surface area contributed by atoms with Gasteiger partial charge in [0, 0.05) is 52.4 Å². The van der Waals surface area contributed by atoms with Crippen molar-refractivity contribution in [2.75, 3.05) is 49.4 Å². The second-order valence-corrected chi connectivity index (χ2v) is 8.64. The van der Waals surface area contributed by atoms with E-state index in [1.165, 1.54) is 6.33 Å². The number of carbonyl (C=O) groups is 1. The standard InChI is InChI=1S/C19H28N8O3S/c1-4-23-31(29,30)25-18-11-15(21-13-22-18)12-26-7-9-27(10-8-26)17-6-5-16(19(28)20-3)24-14(17)2/h5-6,11,13,23H,4,7-10,12H2,1-3H3,(H,20,28)(H,21,22,25). The molecule has 1 fully saturated rings. The third-order valence-corrected chi connectivity index (χ3v) is 6.06. The number of pyridine rings is 1. The lowest BCUT2D eigenvalue weighted by Crippen LogP contribution is -2.46. The minimum Gasteiger partial charge on any atom is -0.368 e. The summed E-state index contributed by atoms with van der Waals surface area (Å²) >= 11 is 0. The van der Waals surface area contributed by atoms with Crippen LogP contribution in [0.4, 0.5) is 11.5 Å². The Bertz CT molecular complexity index is 1020. The molecule has 3 rings (SSSR count). The molecule has 12 heteroatoms. The number of amides is 1. The first-order chi connectivity index (χ1) is 14.8. The molecule has 168 valence electrons. The number of piperazine rings is 1. The Morgan fingerprint density at radius 1 is 1.16 bits per heavy atom. The molecule has 0 unspecified atom stereocenters. The summed E-state index contributed by atoms with van der Waals surface area (Å²) in [5.41, 5.74) is 2.99. The normalized spacial score (nSPS) is 15.0. The van der Waals surface area contributed by atoms with Gasteiger partial charge in [-0.2, -0.15) is 13.1 Å². The molecule has 3 heterocycles. The highest BCUT2D eigenvalue weighted by molar-refractivity contribution is 7.90. The molecule has 11 nitrogen and oxygen atoms in total. The van der Waals surface area contributed by atoms with Crippen molar-refractivity contribution < 1.29 is 13.2 Å². The molecule has 2 aromatic rings. The van der Waals surface area contributed by atoms with E-state index in [-0.39, 0.29) is 11.7 Å². The van der Waals surface area contributed by atoms with Crippen molar-refractivity contribution in [3.8, 4) is 0 Å². The van der Waals surface area contributed by atoms with Crippen LogP contribution in [0.15, 0.2) is 24.5 Å². The van der Waals surface area contributed by atoms with Crippen molar-refractivity contribution >= 4 is 27.6 Å². The third-order valence-electron chi connectivity index (χ3n) is 4.91. The Labute approximate surface area is 182 Å². The van der Waals surface area contributed by atoms with Gasteiger partial charge in [0.15, 0.2) is 0 Å². The predicted molar refractivity (Wildman–Crippen MR) is 118 cm³/mol. The molecule has 1 aliphatic rings. The average molecular weight is 449 g/mol. The fourth-order valence-electron chi connectivity index (χ4n) is 3.42. The quantitative estimate of drug-likeness (QED) is 0.519. The van der Waals surface area contributed by atoms with Gasteiger partial charge in [-0.05, 0) is 19.1 Å². The van der Waals surface area contributed by atoms with Crippen LogP contribution >= 0.6 is 0 Å². The van der Waals surface area contributed by atoms with Crippen LogP contribution in [-0.2, 0) is 16.8 Å². The van der Waals surface area contributed by atoms with Crippen LogP contribution in [0.1, 0.15) is 28.8 Å². The van der Waals surface area contributed by atoms with E-state index < -0.39 is 10.2 Å². The zero-order valence-electron chi connectivity index (χ0n) is 17.9. The maximum absolute atomic E-state index is 11.8. The lowest BCUT2D eigenvalue weighted by Gasteiger charge is -2.36. The lowest BCUT2D eigenvalue weighted by atomic mass is 10.2. The molecule has 0 radical (unpaired) electrons. The monoisotopic (exact) mass is 448 g/mol. The Morgan fingerprint density at radius 3 is 2.55 bits per heavy atom. The van der Waals surface area contributed by atoms with Crippen molar-refractivity contribution in [3.05, 3.63) is 41.6 Å². The van der Waals surface area contributed by atoms with Crippen LogP contribution in [0.2, 0.25) is 0 Å². The Hall–Kier alpha value is -2.83. The number of aromatic nitrogens is 3. The fraction of sp³-hybridized carbons (Fsp3) is 0.474. The molecule has 2 aromatic heterocycles. The van der Waals surface area contributed by atoms with Gasteiger partial charge in [0.2, 0.25) is 0 Å². The van der Waals surface area contributed by atoms with Gasteiger partial charge in [-0.3, -0.25) is 14.4 Å². The van der Waals surface area contributed by atoms with E-state index in [2.05, 4.69) is 39.5 Å². The first kappa shape index (κ1) is 22.8. The summed E-state index contributed by atoms with van der Waals surface area (Å²) in [5, 5.41) is 2.59. The van der Waals surface area contributed by atoms with Gasteiger partial charge in [0.25, 0.3) is 16.1 Å². The Balaban J connectivity index is 1.58. The summed E-state index contributed by atoms with van der Waals surface area (Å²) in [6.07, 6.45) is 1.36. The van der Waals surface area contributed by atoms with Gasteiger partial charge < -0.3 is 10.2 Å². The molecule has 0 atom stereocenters. The van der Waals surface area contributed by atoms with E-state index in [1.54, 1.807) is 26.1 Å². The molecular formula is C19H28N8O3S. The van der Waals surface area contributed by atoms with Crippen molar-refractivity contribution in [2.45, 2.75) is 20.4 Å². The van der Waals surface area contributed by atoms with Gasteiger partial charge in [-0.25, -0.2) is 15.0 Å². The van der Waals surface area contributed by atoms with Crippen LogP contribution in [0.5, 0.6) is 0 Å². The topological polar surface area (TPSA) is 132 Å². The summed E-state index contributed by atoms with van der Waals surface area (Å²) in [6.45, 7) is 7.77. The molecule has 0 saturated carbocycles. The molecule has 31 heavy (non-hydrogen) atoms. The zero-order valence-corrected chi connectivity index (χ0v) is 18.7. The van der Waals surface area contributed by atoms with Crippen LogP contribution in [0.3, 0.4) is 0 Å². The highest BCUT2D eigenvalue weighted by atomic mass is 32.2. The molecule has 0 bridgehead atoms. The number of hydrogen-bond donors (Lipinski definition) is 3. The van der Waals surface area contributed by atoms with E-state index >= 15 is 0 Å². The second-order valence-electron chi connectivity index (χ2n) is 7.14. The summed E-state index contributed by atoms with van der Waals surface area (Å²) < 4.78 is 28.5. The smallest absolute Gasteiger partial charge is 0.300 e. The summed E-state index contributed by atoms with van der Waals surface area (Å²) in [7, 11) is -2.04. The SMILES string of the molecule is CCNS(=O)(=O)Nc1cc(CN2CCN(c3ccc(C(=O)NC)nc3C)CC2)ncn1. The highest BCUT2D eigenvalue weighted by Gasteiger charge is 2.20. The van der Waals surface area contributed by atoms with E-state index in [0.717, 1.165) is 43.3 Å². The van der Waals surface area contributed by atoms with Crippen molar-refractivity contribution in [2.24, 2.45) is 0 Å². The van der Waals surface area contributed by atoms with Crippen molar-refractivity contribution in [1.82, 2.24) is 29.9 Å². The van der Waals surface area contributed by atoms with E-state index in [4.69, 9.17) is 0 Å². The molecule has 0 aromatic carbocycles. The van der Waals surface area contributed by atoms with E-state index in [1.807, 2.05) is 13.0 Å². The summed E-state index contributed by atoms with van der Waals surface area (Å²) in [4.78, 5) is 28.9. The molecule has 0 spiro atoms. The average Bonchev–Trinajstić information content (AvgIpc) is 2.73. The molecular weight excluding hydrogens is 420 g/mol. The van der Waals surface area contributed by atoms with Gasteiger partial charge in [0.05, 0.1) is 17.1 Å². The minimum absolute atomic E-state index is 0.198. The Morgan fingerprint density at radius 2 is 1.90 bits per heavy atom. The van der Waals surface area contributed by atoms with Gasteiger partial charge in [0.1, 0.15) is 17.8 Å². The lowest BCUT2D eigenvalue weighted by molar-refractivity contribution is 0.0958. The fourth-order valence-corrected chi connectivity index (χ4v) is 4.26. The Kier molecular flexibility index (Phi) is 7.36. The first-order valence-corrected chi connectivity index (χ1v) is 11.5. The largest absolute Gasteiger partial charge is 0.368 e. The van der Waals surface area contributed by atoms with Crippen LogP contribution in [0, 0.1) is 6.92 Å². The maximum Gasteiger partial charge on any atom is 0.300 e. The number of aryl methyl sites for hydroxylation is 1. The number of nitrogens with zero attached hydrogens (tertiary/aromatic N) is 5. The molecule has 1 saturated heterocycles. The number of nitrogens with one attached hydrogen (secondary N) is 3. The molecule has 1 aliphatic heterocycles. The maximum atomic E-state index is 11.8. The van der Waals surface area contributed by atoms with Gasteiger partial charge in [-0.15, -0.1) is 0 Å². The van der Waals surface area contributed by atoms with Gasteiger partial charge >= 0.3 is 0 Å². The van der Waals surface area contributed by atoms with E-state index in [0.29, 0.717) is 18.8 Å². The van der Waals surface area contributed by atoms with Crippen molar-refractivity contribution in [3.63, 3.8) is 0 Å². The highest BCUT2D eigenvalue weighted by Crippen LogP contribution is 2.21. The first-order valence-electron chi connectivity index (χ1n) is 10.1. The summed E-state index contributed by atoms with van der Waals surface area (Å²) in [6, 6.07) is 5.33. The van der Waals surface area contributed by atoms with Crippen LogP contribution < -0.4 is 19.7 Å². The van der Waals surface area contributed by atoms with Crippen LogP contribution in [0.25, 0.3) is 0 Å². The number of hydrogen-bond acceptors (Lipinski definition) is 8. The van der Waals surface area contributed by atoms with Crippen molar-refractivity contribution in [1.29, 1.82) is 0 Å². The number of rotatable bonds is 8.